The Balaban J connectivity index is 3.97. The van der Waals surface area contributed by atoms with Gasteiger partial charge in [0.25, 0.3) is 0 Å². The zero-order valence-corrected chi connectivity index (χ0v) is 16.9. The quantitative estimate of drug-likeness (QED) is 0.184. The fourth-order valence-corrected chi connectivity index (χ4v) is 11.1. The van der Waals surface area contributed by atoms with Gasteiger partial charge in [0.2, 0.25) is 0 Å². The van der Waals surface area contributed by atoms with Gasteiger partial charge in [-0.05, 0) is 12.8 Å². The van der Waals surface area contributed by atoms with E-state index in [1.807, 2.05) is 6.08 Å². The molecule has 0 heterocycles. The molecule has 1 heteroatoms. The zero-order chi connectivity index (χ0) is 16.3. The Kier molecular flexibility index (Phi) is 11.5. The van der Waals surface area contributed by atoms with Crippen molar-refractivity contribution in [1.82, 2.24) is 0 Å². The van der Waals surface area contributed by atoms with Crippen LogP contribution in [0.5, 0.6) is 0 Å². The van der Waals surface area contributed by atoms with Gasteiger partial charge in [0.15, 0.2) is 0 Å². The third-order valence-corrected chi connectivity index (χ3v) is 13.4. The summed E-state index contributed by atoms with van der Waals surface area (Å²) >= 11 is 0. The summed E-state index contributed by atoms with van der Waals surface area (Å²) in [7, 11) is -1.12. The monoisotopic (exact) mass is 310 g/mol. The van der Waals surface area contributed by atoms with Gasteiger partial charge in [-0.3, -0.25) is 0 Å². The number of hydrogen-bond acceptors (Lipinski definition) is 0. The van der Waals surface area contributed by atoms with Gasteiger partial charge in [-0.25, -0.2) is 0 Å². The second-order valence-electron chi connectivity index (χ2n) is 7.88. The highest BCUT2D eigenvalue weighted by atomic mass is 28.3. The van der Waals surface area contributed by atoms with Crippen LogP contribution in [0, 0.1) is 0 Å². The van der Waals surface area contributed by atoms with Crippen LogP contribution in [-0.4, -0.2) is 8.07 Å². The van der Waals surface area contributed by atoms with Gasteiger partial charge in [0.1, 0.15) is 0 Å². The van der Waals surface area contributed by atoms with Gasteiger partial charge < -0.3 is 0 Å². The molecule has 0 unspecified atom stereocenters. The second-order valence-corrected chi connectivity index (χ2v) is 14.1. The first kappa shape index (κ1) is 21.0. The van der Waals surface area contributed by atoms with Crippen molar-refractivity contribution < 1.29 is 0 Å². The molecule has 0 aliphatic rings. The van der Waals surface area contributed by atoms with Gasteiger partial charge in [-0.2, -0.15) is 0 Å². The van der Waals surface area contributed by atoms with Crippen molar-refractivity contribution in [1.29, 1.82) is 0 Å². The Morgan fingerprint density at radius 3 is 1.43 bits per heavy atom. The molecule has 0 saturated carbocycles. The molecular weight excluding hydrogens is 268 g/mol. The Hall–Kier alpha value is -0.0431. The summed E-state index contributed by atoms with van der Waals surface area (Å²) in [5.41, 5.74) is 2.78. The molecule has 0 fully saturated rings. The Labute approximate surface area is 136 Å². The summed E-state index contributed by atoms with van der Waals surface area (Å²) in [4.78, 5) is 0. The first-order valence-corrected chi connectivity index (χ1v) is 11.9. The average molecular weight is 311 g/mol. The third kappa shape index (κ3) is 7.17. The molecule has 0 aromatic carbocycles. The van der Waals surface area contributed by atoms with Crippen LogP contribution in [0.2, 0.25) is 22.7 Å². The summed E-state index contributed by atoms with van der Waals surface area (Å²) in [5.74, 6) is 0. The molecule has 0 radical (unpaired) electrons. The number of rotatable bonds is 13. The topological polar surface area (TPSA) is 0 Å². The molecule has 0 aliphatic carbocycles. The maximum atomic E-state index is 3.79. The van der Waals surface area contributed by atoms with Gasteiger partial charge in [0.05, 0.1) is 8.07 Å². The average Bonchev–Trinajstić information content (AvgIpc) is 2.39. The molecule has 0 aliphatic heterocycles. The lowest BCUT2D eigenvalue weighted by molar-refractivity contribution is 0.587. The van der Waals surface area contributed by atoms with E-state index in [0.717, 1.165) is 16.6 Å². The number of allylic oxidation sites excluding steroid dienone is 1. The van der Waals surface area contributed by atoms with Crippen molar-refractivity contribution in [2.45, 2.75) is 116 Å². The largest absolute Gasteiger partial charge is 0.103 e. The molecule has 0 saturated heterocycles. The van der Waals surface area contributed by atoms with Gasteiger partial charge in [-0.15, -0.1) is 6.58 Å². The second kappa shape index (κ2) is 11.5. The SMILES string of the molecule is C=CCCCCCCCCC[Si](C(C)C)(C(C)C)C(C)C. The zero-order valence-electron chi connectivity index (χ0n) is 15.9. The van der Waals surface area contributed by atoms with E-state index in [-0.39, 0.29) is 0 Å². The predicted octanol–water partition coefficient (Wildman–Crippen LogP) is 7.97. The van der Waals surface area contributed by atoms with Crippen molar-refractivity contribution in [2.75, 3.05) is 0 Å². The first-order valence-electron chi connectivity index (χ1n) is 9.50. The van der Waals surface area contributed by atoms with Crippen LogP contribution >= 0.6 is 0 Å². The Morgan fingerprint density at radius 1 is 0.667 bits per heavy atom. The van der Waals surface area contributed by atoms with Crippen LogP contribution in [-0.2, 0) is 0 Å². The van der Waals surface area contributed by atoms with Gasteiger partial charge >= 0.3 is 0 Å². The highest BCUT2D eigenvalue weighted by Gasteiger charge is 2.41. The molecule has 21 heavy (non-hydrogen) atoms. The van der Waals surface area contributed by atoms with Crippen LogP contribution in [0.3, 0.4) is 0 Å². The fourth-order valence-electron chi connectivity index (χ4n) is 4.47. The van der Waals surface area contributed by atoms with E-state index in [0.29, 0.717) is 0 Å². The third-order valence-electron chi connectivity index (χ3n) is 5.74. The van der Waals surface area contributed by atoms with Crippen LogP contribution in [0.4, 0.5) is 0 Å². The molecule has 0 atom stereocenters. The first-order chi connectivity index (χ1) is 9.89. The number of hydrogen-bond donors (Lipinski definition) is 0. The van der Waals surface area contributed by atoms with Crippen LogP contribution < -0.4 is 0 Å². The van der Waals surface area contributed by atoms with Crippen molar-refractivity contribution in [3.05, 3.63) is 12.7 Å². The van der Waals surface area contributed by atoms with Gasteiger partial charge in [-0.1, -0.05) is 109 Å². The van der Waals surface area contributed by atoms with E-state index >= 15 is 0 Å². The summed E-state index contributed by atoms with van der Waals surface area (Å²) in [5, 5.41) is 0. The van der Waals surface area contributed by atoms with Crippen molar-refractivity contribution in [3.8, 4) is 0 Å². The lowest BCUT2D eigenvalue weighted by Crippen LogP contribution is -2.44. The van der Waals surface area contributed by atoms with Crippen molar-refractivity contribution in [3.63, 3.8) is 0 Å². The molecule has 0 N–H and O–H groups in total. The molecule has 0 amide bonds. The smallest absolute Gasteiger partial charge is 0.0612 e. The van der Waals surface area contributed by atoms with Crippen LogP contribution in [0.25, 0.3) is 0 Å². The predicted molar refractivity (Wildman–Crippen MR) is 103 cm³/mol. The van der Waals surface area contributed by atoms with E-state index in [1.54, 1.807) is 6.04 Å². The molecule has 126 valence electrons. The summed E-state index contributed by atoms with van der Waals surface area (Å²) < 4.78 is 0. The van der Waals surface area contributed by atoms with Crippen LogP contribution in [0.15, 0.2) is 12.7 Å². The van der Waals surface area contributed by atoms with Crippen molar-refractivity contribution >= 4 is 8.07 Å². The molecule has 0 aromatic rings. The summed E-state index contributed by atoms with van der Waals surface area (Å²) in [6.07, 6.45) is 13.2. The summed E-state index contributed by atoms with van der Waals surface area (Å²) in [6.45, 7) is 18.7. The minimum absolute atomic E-state index is 0.927. The number of unbranched alkanes of at least 4 members (excludes halogenated alkanes) is 7. The maximum absolute atomic E-state index is 3.79. The molecule has 0 spiro atoms. The molecular formula is C20H42Si. The van der Waals surface area contributed by atoms with Gasteiger partial charge in [0, 0.05) is 0 Å². The fraction of sp³-hybridized carbons (Fsp3) is 0.900. The highest BCUT2D eigenvalue weighted by molar-refractivity contribution is 6.83. The van der Waals surface area contributed by atoms with Crippen LogP contribution in [0.1, 0.15) is 92.9 Å². The van der Waals surface area contributed by atoms with E-state index in [1.165, 1.54) is 51.4 Å². The molecule has 0 nitrogen and oxygen atoms in total. The minimum atomic E-state index is -1.12. The molecule has 0 aromatic heterocycles. The lowest BCUT2D eigenvalue weighted by Gasteiger charge is -2.43. The van der Waals surface area contributed by atoms with Crippen molar-refractivity contribution in [2.24, 2.45) is 0 Å². The summed E-state index contributed by atoms with van der Waals surface area (Å²) in [6, 6.07) is 1.55. The minimum Gasteiger partial charge on any atom is -0.103 e. The molecule has 0 bridgehead atoms. The molecule has 0 rings (SSSR count). The standard InChI is InChI=1S/C20H42Si/c1-8-9-10-11-12-13-14-15-16-17-21(18(2)3,19(4)5)20(6)7/h8,18-20H,1,9-17H2,2-7H3. The lowest BCUT2D eigenvalue weighted by atomic mass is 10.1. The van der Waals surface area contributed by atoms with E-state index < -0.39 is 8.07 Å². The van der Waals surface area contributed by atoms with E-state index in [4.69, 9.17) is 0 Å². The Morgan fingerprint density at radius 2 is 1.05 bits per heavy atom. The van der Waals surface area contributed by atoms with E-state index in [2.05, 4.69) is 48.1 Å². The maximum Gasteiger partial charge on any atom is 0.0612 e. The highest BCUT2D eigenvalue weighted by Crippen LogP contribution is 2.45. The van der Waals surface area contributed by atoms with E-state index in [9.17, 15) is 0 Å². The normalized spacial score (nSPS) is 12.6. The Bertz CT molecular complexity index is 231.